The summed E-state index contributed by atoms with van der Waals surface area (Å²) >= 11 is 0. The molecule has 0 bridgehead atoms. The van der Waals surface area contributed by atoms with Gasteiger partial charge in [-0.15, -0.1) is 0 Å². The molecule has 5 aliphatic rings. The first-order valence-electron chi connectivity index (χ1n) is 12.5. The van der Waals surface area contributed by atoms with Crippen LogP contribution in [0.15, 0.2) is 30.3 Å². The molecule has 6 rings (SSSR count). The molecule has 0 aromatic heterocycles. The number of esters is 1. The van der Waals surface area contributed by atoms with Gasteiger partial charge in [0.05, 0.1) is 24.7 Å². The van der Waals surface area contributed by atoms with E-state index in [1.165, 1.54) is 6.42 Å². The van der Waals surface area contributed by atoms with E-state index >= 15 is 0 Å². The summed E-state index contributed by atoms with van der Waals surface area (Å²) in [5.41, 5.74) is 0.493. The van der Waals surface area contributed by atoms with Crippen LogP contribution in [0, 0.1) is 22.7 Å². The third-order valence-corrected chi connectivity index (χ3v) is 10.1. The molecule has 8 atom stereocenters. The molecule has 1 aromatic rings. The maximum Gasteiger partial charge on any atom is 0.308 e. The first kappa shape index (κ1) is 21.1. The SMILES string of the molecule is C[C@@H]1CC[C@@H]2[C@]3(C)CO[C@@H](c4ccccc4)O[C@H]3CC[C@]2(C)[C@@]12CC[C@]1(COC(=O)C1)O2. The van der Waals surface area contributed by atoms with Crippen molar-refractivity contribution < 1.29 is 23.7 Å². The van der Waals surface area contributed by atoms with Crippen LogP contribution in [-0.2, 0) is 23.7 Å². The van der Waals surface area contributed by atoms with Gasteiger partial charge in [-0.2, -0.15) is 0 Å². The number of benzene rings is 1. The second-order valence-corrected chi connectivity index (χ2v) is 11.7. The van der Waals surface area contributed by atoms with Crippen LogP contribution in [0.5, 0.6) is 0 Å². The number of rotatable bonds is 1. The Bertz CT molecular complexity index is 903. The van der Waals surface area contributed by atoms with Crippen molar-refractivity contribution in [3.05, 3.63) is 35.9 Å². The van der Waals surface area contributed by atoms with Crippen molar-refractivity contribution in [1.29, 1.82) is 0 Å². The average molecular weight is 441 g/mol. The minimum Gasteiger partial charge on any atom is -0.463 e. The number of carbonyl (C=O) groups is 1. The van der Waals surface area contributed by atoms with E-state index in [9.17, 15) is 4.79 Å². The zero-order chi connectivity index (χ0) is 22.2. The Morgan fingerprint density at radius 3 is 2.53 bits per heavy atom. The van der Waals surface area contributed by atoms with E-state index in [0.29, 0.717) is 31.5 Å². The van der Waals surface area contributed by atoms with Gasteiger partial charge in [0, 0.05) is 16.4 Å². The summed E-state index contributed by atoms with van der Waals surface area (Å²) in [5.74, 6) is 0.834. The van der Waals surface area contributed by atoms with E-state index in [2.05, 4.69) is 32.9 Å². The maximum absolute atomic E-state index is 12.0. The second kappa shape index (κ2) is 7.04. The highest BCUT2D eigenvalue weighted by Crippen LogP contribution is 2.69. The molecule has 32 heavy (non-hydrogen) atoms. The second-order valence-electron chi connectivity index (χ2n) is 11.7. The monoisotopic (exact) mass is 440 g/mol. The Kier molecular flexibility index (Phi) is 4.65. The van der Waals surface area contributed by atoms with Gasteiger partial charge in [-0.1, -0.05) is 51.1 Å². The quantitative estimate of drug-likeness (QED) is 0.563. The first-order valence-corrected chi connectivity index (χ1v) is 12.5. The number of hydrogen-bond acceptors (Lipinski definition) is 5. The summed E-state index contributed by atoms with van der Waals surface area (Å²) in [4.78, 5) is 12.0. The Hall–Kier alpha value is -1.43. The van der Waals surface area contributed by atoms with Crippen LogP contribution < -0.4 is 0 Å². The molecule has 0 amide bonds. The number of cyclic esters (lactones) is 1. The standard InChI is InChI=1S/C27H36O5/c1-18-9-10-20-24(2)16-30-23(19-7-5-4-6-8-19)31-21(24)11-12-25(20,3)27(18)14-13-26(32-27)15-22(28)29-17-26/h4-8,18,20-21,23H,9-17H2,1-3H3/t18-,20-,21+,23-,24+,25+,26+,27-/m1/s1. The Morgan fingerprint density at radius 2 is 1.78 bits per heavy atom. The van der Waals surface area contributed by atoms with Crippen LogP contribution in [0.1, 0.15) is 77.6 Å². The Balaban J connectivity index is 1.30. The highest BCUT2D eigenvalue weighted by atomic mass is 16.7. The molecule has 3 heterocycles. The largest absolute Gasteiger partial charge is 0.463 e. The molecule has 1 aromatic carbocycles. The third-order valence-electron chi connectivity index (χ3n) is 10.1. The molecule has 2 spiro atoms. The predicted molar refractivity (Wildman–Crippen MR) is 119 cm³/mol. The lowest BCUT2D eigenvalue weighted by Crippen LogP contribution is -2.67. The van der Waals surface area contributed by atoms with Crippen molar-refractivity contribution in [2.75, 3.05) is 13.2 Å². The van der Waals surface area contributed by atoms with Gasteiger partial charge >= 0.3 is 5.97 Å². The zero-order valence-electron chi connectivity index (χ0n) is 19.6. The van der Waals surface area contributed by atoms with Crippen LogP contribution in [0.3, 0.4) is 0 Å². The van der Waals surface area contributed by atoms with Gasteiger partial charge in [-0.05, 0) is 50.4 Å². The minimum absolute atomic E-state index is 0.0352. The van der Waals surface area contributed by atoms with E-state index in [1.54, 1.807) is 0 Å². The lowest BCUT2D eigenvalue weighted by molar-refractivity contribution is -0.331. The van der Waals surface area contributed by atoms with Crippen LogP contribution in [-0.4, -0.2) is 36.5 Å². The number of ether oxygens (including phenoxy) is 4. The van der Waals surface area contributed by atoms with Gasteiger partial charge in [0.2, 0.25) is 0 Å². The summed E-state index contributed by atoms with van der Waals surface area (Å²) in [6, 6.07) is 10.3. The lowest BCUT2D eigenvalue weighted by atomic mass is 9.43. The van der Waals surface area contributed by atoms with Gasteiger partial charge < -0.3 is 18.9 Å². The molecule has 5 nitrogen and oxygen atoms in total. The van der Waals surface area contributed by atoms with E-state index in [1.807, 2.05) is 18.2 Å². The van der Waals surface area contributed by atoms with Crippen LogP contribution in [0.25, 0.3) is 0 Å². The molecule has 0 unspecified atom stereocenters. The fourth-order valence-corrected chi connectivity index (χ4v) is 8.35. The highest BCUT2D eigenvalue weighted by molar-refractivity contribution is 5.73. The summed E-state index contributed by atoms with van der Waals surface area (Å²) < 4.78 is 25.5. The van der Waals surface area contributed by atoms with E-state index in [-0.39, 0.29) is 34.8 Å². The molecule has 2 aliphatic carbocycles. The first-order chi connectivity index (χ1) is 15.3. The van der Waals surface area contributed by atoms with Gasteiger partial charge in [0.15, 0.2) is 6.29 Å². The number of carbonyl (C=O) groups excluding carboxylic acids is 1. The molecule has 5 fully saturated rings. The highest BCUT2D eigenvalue weighted by Gasteiger charge is 2.70. The van der Waals surface area contributed by atoms with E-state index < -0.39 is 5.60 Å². The molecule has 0 N–H and O–H groups in total. The smallest absolute Gasteiger partial charge is 0.308 e. The normalized spacial score (nSPS) is 50.3. The average Bonchev–Trinajstić information content (AvgIpc) is 3.35. The van der Waals surface area contributed by atoms with E-state index in [4.69, 9.17) is 18.9 Å². The number of hydrogen-bond donors (Lipinski definition) is 0. The van der Waals surface area contributed by atoms with Crippen LogP contribution in [0.2, 0.25) is 0 Å². The molecular formula is C27H36O5. The molecular weight excluding hydrogens is 404 g/mol. The van der Waals surface area contributed by atoms with Crippen molar-refractivity contribution in [3.63, 3.8) is 0 Å². The van der Waals surface area contributed by atoms with Gasteiger partial charge in [-0.3, -0.25) is 4.79 Å². The summed E-state index contributed by atoms with van der Waals surface area (Å²) in [6.45, 7) is 8.36. The fourth-order valence-electron chi connectivity index (χ4n) is 8.35. The van der Waals surface area contributed by atoms with Gasteiger partial charge in [0.1, 0.15) is 12.2 Å². The van der Waals surface area contributed by atoms with Crippen LogP contribution >= 0.6 is 0 Å². The van der Waals surface area contributed by atoms with Gasteiger partial charge in [0.25, 0.3) is 0 Å². The Labute approximate surface area is 191 Å². The van der Waals surface area contributed by atoms with E-state index in [0.717, 1.165) is 37.7 Å². The van der Waals surface area contributed by atoms with Crippen molar-refractivity contribution in [2.45, 2.75) is 89.3 Å². The fraction of sp³-hybridized carbons (Fsp3) is 0.741. The lowest BCUT2D eigenvalue weighted by Gasteiger charge is -2.66. The zero-order valence-corrected chi connectivity index (χ0v) is 19.6. The topological polar surface area (TPSA) is 54.0 Å². The maximum atomic E-state index is 12.0. The molecule has 3 aliphatic heterocycles. The van der Waals surface area contributed by atoms with Crippen molar-refractivity contribution in [3.8, 4) is 0 Å². The van der Waals surface area contributed by atoms with Crippen molar-refractivity contribution >= 4 is 5.97 Å². The summed E-state index contributed by atoms with van der Waals surface area (Å²) in [6.07, 6.45) is 6.72. The third kappa shape index (κ3) is 2.77. The summed E-state index contributed by atoms with van der Waals surface area (Å²) in [5, 5.41) is 0. The molecule has 174 valence electrons. The van der Waals surface area contributed by atoms with Crippen LogP contribution in [0.4, 0.5) is 0 Å². The molecule has 0 radical (unpaired) electrons. The molecule has 2 saturated carbocycles. The molecule has 3 saturated heterocycles. The predicted octanol–water partition coefficient (Wildman–Crippen LogP) is 5.19. The molecule has 5 heteroatoms. The van der Waals surface area contributed by atoms with Crippen molar-refractivity contribution in [1.82, 2.24) is 0 Å². The van der Waals surface area contributed by atoms with Crippen molar-refractivity contribution in [2.24, 2.45) is 22.7 Å². The van der Waals surface area contributed by atoms with Gasteiger partial charge in [-0.25, -0.2) is 0 Å². The number of fused-ring (bicyclic) bond motifs is 4. The summed E-state index contributed by atoms with van der Waals surface area (Å²) in [7, 11) is 0. The minimum atomic E-state index is -0.411. The Morgan fingerprint density at radius 1 is 0.969 bits per heavy atom.